The second kappa shape index (κ2) is 4.27. The molecule has 4 nitrogen and oxygen atoms in total. The highest BCUT2D eigenvalue weighted by atomic mass is 35.5. The molecule has 0 spiro atoms. The number of hydrogen-bond donors (Lipinski definition) is 1. The lowest BCUT2D eigenvalue weighted by Gasteiger charge is -2.02. The maximum atomic E-state index is 11.2. The molecule has 1 N–H and O–H groups in total. The van der Waals surface area contributed by atoms with Crippen molar-refractivity contribution in [3.05, 3.63) is 28.0 Å². The first kappa shape index (κ1) is 11.2. The van der Waals surface area contributed by atoms with Crippen LogP contribution in [0.25, 0.3) is 10.2 Å². The van der Waals surface area contributed by atoms with Crippen molar-refractivity contribution in [1.29, 1.82) is 5.41 Å². The van der Waals surface area contributed by atoms with Crippen molar-refractivity contribution in [3.8, 4) is 0 Å². The SMILES string of the molecule is COC(=O)Cn1c(=N)sc2cc(Cl)ccc21. The van der Waals surface area contributed by atoms with E-state index in [0.29, 0.717) is 9.82 Å². The van der Waals surface area contributed by atoms with E-state index in [1.165, 1.54) is 18.4 Å². The Morgan fingerprint density at radius 2 is 2.38 bits per heavy atom. The first-order chi connectivity index (χ1) is 7.61. The molecule has 0 saturated heterocycles. The molecule has 0 amide bonds. The largest absolute Gasteiger partial charge is 0.468 e. The van der Waals surface area contributed by atoms with Gasteiger partial charge in [-0.3, -0.25) is 10.2 Å². The molecule has 1 aromatic carbocycles. The average Bonchev–Trinajstić information content (AvgIpc) is 2.54. The summed E-state index contributed by atoms with van der Waals surface area (Å²) in [4.78, 5) is 11.5. The molecule has 0 aliphatic carbocycles. The normalized spacial score (nSPS) is 10.6. The summed E-state index contributed by atoms with van der Waals surface area (Å²) in [5, 5.41) is 8.39. The minimum absolute atomic E-state index is 0.0525. The Bertz CT molecular complexity index is 602. The van der Waals surface area contributed by atoms with Gasteiger partial charge in [-0.1, -0.05) is 22.9 Å². The summed E-state index contributed by atoms with van der Waals surface area (Å²) in [6.07, 6.45) is 0. The monoisotopic (exact) mass is 256 g/mol. The number of thiazole rings is 1. The van der Waals surface area contributed by atoms with Gasteiger partial charge in [-0.05, 0) is 18.2 Å². The fourth-order valence-electron chi connectivity index (χ4n) is 1.41. The molecule has 2 rings (SSSR count). The highest BCUT2D eigenvalue weighted by molar-refractivity contribution is 7.16. The molecule has 1 aromatic heterocycles. The first-order valence-corrected chi connectivity index (χ1v) is 5.71. The second-order valence-electron chi connectivity index (χ2n) is 3.18. The number of aromatic nitrogens is 1. The molecule has 6 heteroatoms. The molecule has 0 fully saturated rings. The Morgan fingerprint density at radius 3 is 3.06 bits per heavy atom. The topological polar surface area (TPSA) is 55.1 Å². The fraction of sp³-hybridized carbons (Fsp3) is 0.200. The van der Waals surface area contributed by atoms with Crippen LogP contribution in [-0.2, 0) is 16.1 Å². The minimum atomic E-state index is -0.367. The Labute approximate surface area is 101 Å². The van der Waals surface area contributed by atoms with Crippen LogP contribution in [0.15, 0.2) is 18.2 Å². The molecule has 0 aliphatic rings. The zero-order valence-corrected chi connectivity index (χ0v) is 10.1. The third-order valence-electron chi connectivity index (χ3n) is 2.18. The Balaban J connectivity index is 2.56. The van der Waals surface area contributed by atoms with Crippen LogP contribution in [0.4, 0.5) is 0 Å². The number of nitrogens with zero attached hydrogens (tertiary/aromatic N) is 1. The number of rotatable bonds is 2. The summed E-state index contributed by atoms with van der Waals surface area (Å²) < 4.78 is 7.08. The lowest BCUT2D eigenvalue weighted by atomic mass is 10.3. The van der Waals surface area contributed by atoms with Gasteiger partial charge in [0, 0.05) is 5.02 Å². The van der Waals surface area contributed by atoms with Crippen LogP contribution >= 0.6 is 22.9 Å². The van der Waals surface area contributed by atoms with E-state index in [1.54, 1.807) is 22.8 Å². The van der Waals surface area contributed by atoms with Crippen molar-refractivity contribution >= 4 is 39.1 Å². The molecule has 16 heavy (non-hydrogen) atoms. The highest BCUT2D eigenvalue weighted by Crippen LogP contribution is 2.21. The number of carbonyl (C=O) groups is 1. The molecule has 0 atom stereocenters. The third-order valence-corrected chi connectivity index (χ3v) is 3.38. The van der Waals surface area contributed by atoms with Gasteiger partial charge in [-0.25, -0.2) is 0 Å². The smallest absolute Gasteiger partial charge is 0.325 e. The van der Waals surface area contributed by atoms with Crippen LogP contribution in [0.1, 0.15) is 0 Å². The van der Waals surface area contributed by atoms with Gasteiger partial charge in [0.25, 0.3) is 0 Å². The van der Waals surface area contributed by atoms with Gasteiger partial charge in [0.15, 0.2) is 4.80 Å². The average molecular weight is 257 g/mol. The van der Waals surface area contributed by atoms with E-state index >= 15 is 0 Å². The summed E-state index contributed by atoms with van der Waals surface area (Å²) in [5.74, 6) is -0.367. The first-order valence-electron chi connectivity index (χ1n) is 4.52. The minimum Gasteiger partial charge on any atom is -0.468 e. The quantitative estimate of drug-likeness (QED) is 0.836. The zero-order valence-electron chi connectivity index (χ0n) is 8.49. The number of ether oxygens (including phenoxy) is 1. The Kier molecular flexibility index (Phi) is 2.98. The van der Waals surface area contributed by atoms with E-state index in [2.05, 4.69) is 4.74 Å². The maximum Gasteiger partial charge on any atom is 0.325 e. The lowest BCUT2D eigenvalue weighted by molar-refractivity contribution is -0.141. The Hall–Kier alpha value is -1.33. The van der Waals surface area contributed by atoms with Crippen LogP contribution in [-0.4, -0.2) is 17.6 Å². The molecule has 84 valence electrons. The Morgan fingerprint density at radius 1 is 1.62 bits per heavy atom. The summed E-state index contributed by atoms with van der Waals surface area (Å²) in [6, 6.07) is 5.33. The molecular weight excluding hydrogens is 248 g/mol. The van der Waals surface area contributed by atoms with Gasteiger partial charge < -0.3 is 9.30 Å². The number of halogens is 1. The van der Waals surface area contributed by atoms with Crippen molar-refractivity contribution in [1.82, 2.24) is 4.57 Å². The molecular formula is C10H9ClN2O2S. The van der Waals surface area contributed by atoms with Gasteiger partial charge in [0.2, 0.25) is 0 Å². The van der Waals surface area contributed by atoms with E-state index in [1.807, 2.05) is 0 Å². The number of hydrogen-bond acceptors (Lipinski definition) is 4. The fourth-order valence-corrected chi connectivity index (χ4v) is 2.60. The third kappa shape index (κ3) is 1.96. The summed E-state index contributed by atoms with van der Waals surface area (Å²) in [5.41, 5.74) is 0.824. The van der Waals surface area contributed by atoms with E-state index in [0.717, 1.165) is 10.2 Å². The zero-order chi connectivity index (χ0) is 11.7. The predicted molar refractivity (Wildman–Crippen MR) is 62.7 cm³/mol. The van der Waals surface area contributed by atoms with Crippen LogP contribution < -0.4 is 4.80 Å². The van der Waals surface area contributed by atoms with Gasteiger partial charge in [-0.15, -0.1) is 0 Å². The maximum absolute atomic E-state index is 11.2. The van der Waals surface area contributed by atoms with Crippen LogP contribution in [0.3, 0.4) is 0 Å². The van der Waals surface area contributed by atoms with Gasteiger partial charge in [0.1, 0.15) is 6.54 Å². The second-order valence-corrected chi connectivity index (χ2v) is 4.65. The lowest BCUT2D eigenvalue weighted by Crippen LogP contribution is -2.20. The van der Waals surface area contributed by atoms with E-state index in [4.69, 9.17) is 17.0 Å². The number of fused-ring (bicyclic) bond motifs is 1. The number of methoxy groups -OCH3 is 1. The van der Waals surface area contributed by atoms with E-state index in [9.17, 15) is 4.79 Å². The molecule has 2 aromatic rings. The summed E-state index contributed by atoms with van der Waals surface area (Å²) in [7, 11) is 1.33. The standard InChI is InChI=1S/C10H9ClN2O2S/c1-15-9(14)5-13-7-3-2-6(11)4-8(7)16-10(13)12/h2-4,12H,5H2,1H3. The predicted octanol–water partition coefficient (Wildman–Crippen LogP) is 2.01. The summed E-state index contributed by atoms with van der Waals surface area (Å²) in [6.45, 7) is 0.0525. The van der Waals surface area contributed by atoms with Crippen molar-refractivity contribution in [2.75, 3.05) is 7.11 Å². The van der Waals surface area contributed by atoms with E-state index < -0.39 is 0 Å². The molecule has 0 aliphatic heterocycles. The van der Waals surface area contributed by atoms with Gasteiger partial charge in [-0.2, -0.15) is 0 Å². The van der Waals surface area contributed by atoms with Crippen molar-refractivity contribution in [3.63, 3.8) is 0 Å². The number of benzene rings is 1. The van der Waals surface area contributed by atoms with Crippen LogP contribution in [0.2, 0.25) is 5.02 Å². The highest BCUT2D eigenvalue weighted by Gasteiger charge is 2.09. The van der Waals surface area contributed by atoms with Crippen LogP contribution in [0, 0.1) is 5.41 Å². The molecule has 0 radical (unpaired) electrons. The number of carbonyl (C=O) groups excluding carboxylic acids is 1. The van der Waals surface area contributed by atoms with Crippen molar-refractivity contribution < 1.29 is 9.53 Å². The number of esters is 1. The number of nitrogens with one attached hydrogen (secondary N) is 1. The molecule has 0 bridgehead atoms. The van der Waals surface area contributed by atoms with Crippen molar-refractivity contribution in [2.24, 2.45) is 0 Å². The van der Waals surface area contributed by atoms with Crippen LogP contribution in [0.5, 0.6) is 0 Å². The van der Waals surface area contributed by atoms with Crippen molar-refractivity contribution in [2.45, 2.75) is 6.54 Å². The molecule has 1 heterocycles. The summed E-state index contributed by atoms with van der Waals surface area (Å²) >= 11 is 7.14. The molecule has 0 unspecified atom stereocenters. The van der Waals surface area contributed by atoms with Gasteiger partial charge >= 0.3 is 5.97 Å². The van der Waals surface area contributed by atoms with E-state index in [-0.39, 0.29) is 12.5 Å². The molecule has 0 saturated carbocycles. The van der Waals surface area contributed by atoms with Gasteiger partial charge in [0.05, 0.1) is 17.3 Å².